The third-order valence-electron chi connectivity index (χ3n) is 3.67. The van der Waals surface area contributed by atoms with E-state index in [9.17, 15) is 4.79 Å². The molecule has 0 saturated carbocycles. The van der Waals surface area contributed by atoms with E-state index in [1.165, 1.54) is 19.3 Å². The Morgan fingerprint density at radius 1 is 1.41 bits per heavy atom. The number of aromatic nitrogens is 2. The Morgan fingerprint density at radius 3 is 2.71 bits per heavy atom. The minimum atomic E-state index is 0.0731. The van der Waals surface area contributed by atoms with Gasteiger partial charge >= 0.3 is 0 Å². The fourth-order valence-electron chi connectivity index (χ4n) is 2.86. The summed E-state index contributed by atoms with van der Waals surface area (Å²) in [5.41, 5.74) is 0.562. The summed E-state index contributed by atoms with van der Waals surface area (Å²) < 4.78 is 1.82. The van der Waals surface area contributed by atoms with Crippen LogP contribution in [0.3, 0.4) is 0 Å². The van der Waals surface area contributed by atoms with E-state index in [2.05, 4.69) is 10.3 Å². The zero-order chi connectivity index (χ0) is 11.8. The molecule has 1 amide bonds. The number of fused-ring (bicyclic) bond motifs is 2. The topological polar surface area (TPSA) is 50.2 Å². The fourth-order valence-corrected chi connectivity index (χ4v) is 2.86. The lowest BCUT2D eigenvalue weighted by molar-refractivity contribution is 0.0603. The van der Waals surface area contributed by atoms with Gasteiger partial charge in [0.2, 0.25) is 0 Å². The largest absolute Gasteiger partial charge is 0.340 e. The Bertz CT molecular complexity index is 416. The van der Waals surface area contributed by atoms with Crippen molar-refractivity contribution in [3.63, 3.8) is 0 Å². The van der Waals surface area contributed by atoms with E-state index in [0.717, 1.165) is 13.1 Å². The predicted molar refractivity (Wildman–Crippen MR) is 63.7 cm³/mol. The molecule has 5 nitrogen and oxygen atoms in total. The molecule has 2 unspecified atom stereocenters. The van der Waals surface area contributed by atoms with Crippen molar-refractivity contribution in [3.05, 3.63) is 18.2 Å². The van der Waals surface area contributed by atoms with Crippen LogP contribution in [0.25, 0.3) is 0 Å². The molecule has 2 fully saturated rings. The van der Waals surface area contributed by atoms with Gasteiger partial charge in [-0.05, 0) is 12.8 Å². The predicted octanol–water partition coefficient (Wildman–Crippen LogP) is 0.387. The Kier molecular flexibility index (Phi) is 2.63. The zero-order valence-electron chi connectivity index (χ0n) is 10.1. The summed E-state index contributed by atoms with van der Waals surface area (Å²) in [7, 11) is 1.89. The number of piperidine rings is 1. The lowest BCUT2D eigenvalue weighted by Crippen LogP contribution is -2.59. The third-order valence-corrected chi connectivity index (χ3v) is 3.67. The highest BCUT2D eigenvalue weighted by Crippen LogP contribution is 2.20. The lowest BCUT2D eigenvalue weighted by atomic mass is 9.94. The number of piperazine rings is 1. The van der Waals surface area contributed by atoms with Crippen LogP contribution in [0.2, 0.25) is 0 Å². The molecule has 1 N–H and O–H groups in total. The maximum absolute atomic E-state index is 12.3. The number of aryl methyl sites for hydroxylation is 1. The number of carbonyl (C=O) groups is 1. The summed E-state index contributed by atoms with van der Waals surface area (Å²) in [6.07, 6.45) is 7.12. The van der Waals surface area contributed by atoms with Crippen molar-refractivity contribution in [2.75, 3.05) is 13.1 Å². The van der Waals surface area contributed by atoms with Crippen LogP contribution in [-0.4, -0.2) is 45.5 Å². The molecule has 0 aliphatic carbocycles. The Balaban J connectivity index is 1.74. The number of amides is 1. The highest BCUT2D eigenvalue weighted by atomic mass is 16.2. The Hall–Kier alpha value is -1.36. The maximum atomic E-state index is 12.3. The van der Waals surface area contributed by atoms with Crippen molar-refractivity contribution in [2.24, 2.45) is 7.05 Å². The van der Waals surface area contributed by atoms with Gasteiger partial charge < -0.3 is 14.8 Å². The van der Waals surface area contributed by atoms with E-state index >= 15 is 0 Å². The lowest BCUT2D eigenvalue weighted by Gasteiger charge is -2.42. The van der Waals surface area contributed by atoms with Crippen molar-refractivity contribution in [2.45, 2.75) is 31.3 Å². The average Bonchev–Trinajstić information content (AvgIpc) is 2.74. The number of nitrogens with zero attached hydrogens (tertiary/aromatic N) is 3. The van der Waals surface area contributed by atoms with Gasteiger partial charge in [-0.2, -0.15) is 0 Å². The zero-order valence-corrected chi connectivity index (χ0v) is 10.1. The molecule has 17 heavy (non-hydrogen) atoms. The summed E-state index contributed by atoms with van der Waals surface area (Å²) in [5, 5.41) is 3.57. The highest BCUT2D eigenvalue weighted by Gasteiger charge is 2.32. The summed E-state index contributed by atoms with van der Waals surface area (Å²) in [6.45, 7) is 1.65. The summed E-state index contributed by atoms with van der Waals surface area (Å²) >= 11 is 0. The minimum Gasteiger partial charge on any atom is -0.340 e. The highest BCUT2D eigenvalue weighted by molar-refractivity contribution is 5.92. The molecule has 0 spiro atoms. The fraction of sp³-hybridized carbons (Fsp3) is 0.667. The van der Waals surface area contributed by atoms with E-state index in [1.807, 2.05) is 16.5 Å². The van der Waals surface area contributed by atoms with E-state index in [1.54, 1.807) is 12.5 Å². The molecule has 2 bridgehead atoms. The SMILES string of the molecule is Cn1cnc(C(=O)N2CC3CCCC(C2)N3)c1. The van der Waals surface area contributed by atoms with Crippen LogP contribution in [0.15, 0.2) is 12.5 Å². The Morgan fingerprint density at radius 2 is 2.12 bits per heavy atom. The number of hydrogen-bond donors (Lipinski definition) is 1. The number of rotatable bonds is 1. The number of imidazole rings is 1. The van der Waals surface area contributed by atoms with Crippen molar-refractivity contribution in [3.8, 4) is 0 Å². The van der Waals surface area contributed by atoms with Crippen LogP contribution in [-0.2, 0) is 7.05 Å². The van der Waals surface area contributed by atoms with Crippen LogP contribution in [0.4, 0.5) is 0 Å². The molecule has 0 aromatic carbocycles. The first-order valence-corrected chi connectivity index (χ1v) is 6.25. The molecule has 1 aromatic heterocycles. The number of nitrogens with one attached hydrogen (secondary N) is 1. The van der Waals surface area contributed by atoms with E-state index in [0.29, 0.717) is 17.8 Å². The van der Waals surface area contributed by atoms with Gasteiger partial charge in [-0.15, -0.1) is 0 Å². The molecule has 92 valence electrons. The average molecular weight is 234 g/mol. The van der Waals surface area contributed by atoms with E-state index < -0.39 is 0 Å². The van der Waals surface area contributed by atoms with Crippen molar-refractivity contribution >= 4 is 5.91 Å². The van der Waals surface area contributed by atoms with E-state index in [4.69, 9.17) is 0 Å². The molecule has 3 rings (SSSR count). The molecule has 2 atom stereocenters. The standard InChI is InChI=1S/C12H18N4O/c1-15-7-11(13-8-15)12(17)16-5-9-3-2-4-10(6-16)14-9/h7-10,14H,2-6H2,1H3. The van der Waals surface area contributed by atoms with Crippen LogP contribution >= 0.6 is 0 Å². The molecule has 2 aliphatic heterocycles. The first kappa shape index (κ1) is 10.8. The number of hydrogen-bond acceptors (Lipinski definition) is 3. The van der Waals surface area contributed by atoms with Gasteiger partial charge in [-0.25, -0.2) is 4.98 Å². The van der Waals surface area contributed by atoms with Crippen LogP contribution in [0.5, 0.6) is 0 Å². The minimum absolute atomic E-state index is 0.0731. The first-order chi connectivity index (χ1) is 8.22. The maximum Gasteiger partial charge on any atom is 0.274 e. The van der Waals surface area contributed by atoms with Gasteiger partial charge in [-0.1, -0.05) is 6.42 Å². The van der Waals surface area contributed by atoms with Crippen LogP contribution in [0, 0.1) is 0 Å². The molecular weight excluding hydrogens is 216 g/mol. The molecule has 1 aromatic rings. The molecule has 3 heterocycles. The van der Waals surface area contributed by atoms with Crippen LogP contribution in [0.1, 0.15) is 29.8 Å². The second-order valence-corrected chi connectivity index (χ2v) is 5.13. The summed E-state index contributed by atoms with van der Waals surface area (Å²) in [6, 6.07) is 0.963. The third kappa shape index (κ3) is 2.07. The Labute approximate surface area is 101 Å². The van der Waals surface area contributed by atoms with Gasteiger partial charge in [0.05, 0.1) is 6.33 Å². The second-order valence-electron chi connectivity index (χ2n) is 5.13. The van der Waals surface area contributed by atoms with Crippen LogP contribution < -0.4 is 5.32 Å². The second kappa shape index (κ2) is 4.14. The summed E-state index contributed by atoms with van der Waals surface area (Å²) in [5.74, 6) is 0.0731. The molecule has 2 saturated heterocycles. The molecular formula is C12H18N4O. The number of carbonyl (C=O) groups excluding carboxylic acids is 1. The van der Waals surface area contributed by atoms with Crippen molar-refractivity contribution in [1.82, 2.24) is 19.8 Å². The van der Waals surface area contributed by atoms with Crippen molar-refractivity contribution in [1.29, 1.82) is 0 Å². The molecule has 5 heteroatoms. The van der Waals surface area contributed by atoms with Crippen molar-refractivity contribution < 1.29 is 4.79 Å². The van der Waals surface area contributed by atoms with E-state index in [-0.39, 0.29) is 5.91 Å². The number of likely N-dealkylation sites (tertiary alicyclic amines) is 1. The molecule has 0 radical (unpaired) electrons. The molecule has 2 aliphatic rings. The first-order valence-electron chi connectivity index (χ1n) is 6.25. The quantitative estimate of drug-likeness (QED) is 0.764. The normalized spacial score (nSPS) is 28.2. The van der Waals surface area contributed by atoms with Gasteiger partial charge in [0.15, 0.2) is 0 Å². The van der Waals surface area contributed by atoms with Gasteiger partial charge in [0, 0.05) is 38.4 Å². The van der Waals surface area contributed by atoms with Gasteiger partial charge in [0.1, 0.15) is 5.69 Å². The van der Waals surface area contributed by atoms with Gasteiger partial charge in [-0.3, -0.25) is 4.79 Å². The smallest absolute Gasteiger partial charge is 0.274 e. The summed E-state index contributed by atoms with van der Waals surface area (Å²) in [4.78, 5) is 18.4. The monoisotopic (exact) mass is 234 g/mol. The van der Waals surface area contributed by atoms with Gasteiger partial charge in [0.25, 0.3) is 5.91 Å².